The molecule has 1 atom stereocenters. The van der Waals surface area contributed by atoms with Crippen LogP contribution in [0.3, 0.4) is 0 Å². The number of amides is 2. The second kappa shape index (κ2) is 11.8. The first-order valence-electron chi connectivity index (χ1n) is 11.7. The number of benzene rings is 2. The van der Waals surface area contributed by atoms with Gasteiger partial charge in [-0.05, 0) is 49.6 Å². The average molecular weight is 538 g/mol. The molecule has 0 aromatic heterocycles. The van der Waals surface area contributed by atoms with Crippen LogP contribution < -0.4 is 19.1 Å². The molecular weight excluding hydrogens is 506 g/mol. The molecule has 1 heterocycles. The third-order valence-corrected chi connectivity index (χ3v) is 7.73. The molecule has 3 rings (SSSR count). The Morgan fingerprint density at radius 1 is 1.06 bits per heavy atom. The van der Waals surface area contributed by atoms with Gasteiger partial charge >= 0.3 is 0 Å². The Hall–Kier alpha value is -2.98. The highest BCUT2D eigenvalue weighted by atomic mass is 35.5. The quantitative estimate of drug-likeness (QED) is 0.471. The molecule has 2 aromatic carbocycles. The Kier molecular flexibility index (Phi) is 9.08. The van der Waals surface area contributed by atoms with Crippen LogP contribution in [0.15, 0.2) is 42.5 Å². The first-order valence-corrected chi connectivity index (χ1v) is 13.7. The van der Waals surface area contributed by atoms with Crippen LogP contribution in [0.25, 0.3) is 0 Å². The van der Waals surface area contributed by atoms with Crippen molar-refractivity contribution in [2.75, 3.05) is 29.9 Å². The third-order valence-electron chi connectivity index (χ3n) is 5.74. The van der Waals surface area contributed by atoms with Crippen molar-refractivity contribution in [3.05, 3.63) is 53.1 Å². The number of nitrogens with one attached hydrogen (secondary N) is 1. The summed E-state index contributed by atoms with van der Waals surface area (Å²) >= 11 is 6.00. The van der Waals surface area contributed by atoms with Crippen LogP contribution in [0.4, 0.5) is 5.69 Å². The molecule has 2 amide bonds. The zero-order valence-corrected chi connectivity index (χ0v) is 22.4. The number of ether oxygens (including phenoxy) is 2. The number of hydrogen-bond acceptors (Lipinski definition) is 6. The molecular formula is C25H32ClN3O6S. The van der Waals surface area contributed by atoms with Gasteiger partial charge in [0, 0.05) is 24.2 Å². The number of sulfonamides is 1. The van der Waals surface area contributed by atoms with Gasteiger partial charge in [-0.25, -0.2) is 8.42 Å². The highest BCUT2D eigenvalue weighted by molar-refractivity contribution is 7.92. The largest absolute Gasteiger partial charge is 0.454 e. The molecule has 0 fully saturated rings. The molecule has 0 saturated carbocycles. The summed E-state index contributed by atoms with van der Waals surface area (Å²) in [4.78, 5) is 27.9. The SMILES string of the molecule is CCS(=O)(=O)N(CC(=O)N(Cc1ccc(Cl)cc1)[C@@H](C)C(=O)NCC(C)C)c1ccc2c(c1)OCO2. The summed E-state index contributed by atoms with van der Waals surface area (Å²) in [5, 5.41) is 3.39. The summed E-state index contributed by atoms with van der Waals surface area (Å²) in [6.07, 6.45) is 0. The molecule has 1 aliphatic rings. The number of anilines is 1. The van der Waals surface area contributed by atoms with E-state index in [1.165, 1.54) is 17.9 Å². The van der Waals surface area contributed by atoms with Gasteiger partial charge in [0.05, 0.1) is 11.4 Å². The van der Waals surface area contributed by atoms with Crippen LogP contribution in [-0.4, -0.2) is 56.8 Å². The highest BCUT2D eigenvalue weighted by Crippen LogP contribution is 2.36. The summed E-state index contributed by atoms with van der Waals surface area (Å²) < 4.78 is 37.8. The molecule has 196 valence electrons. The Balaban J connectivity index is 1.91. The maximum absolute atomic E-state index is 13.6. The third kappa shape index (κ3) is 6.82. The summed E-state index contributed by atoms with van der Waals surface area (Å²) in [7, 11) is -3.83. The van der Waals surface area contributed by atoms with Gasteiger partial charge in [0.2, 0.25) is 28.6 Å². The van der Waals surface area contributed by atoms with Crippen LogP contribution >= 0.6 is 11.6 Å². The van der Waals surface area contributed by atoms with E-state index in [0.29, 0.717) is 23.1 Å². The number of nitrogens with zero attached hydrogens (tertiary/aromatic N) is 2. The van der Waals surface area contributed by atoms with Crippen molar-refractivity contribution in [1.82, 2.24) is 10.2 Å². The number of hydrogen-bond donors (Lipinski definition) is 1. The minimum Gasteiger partial charge on any atom is -0.454 e. The van der Waals surface area contributed by atoms with Gasteiger partial charge in [0.25, 0.3) is 0 Å². The maximum atomic E-state index is 13.6. The van der Waals surface area contributed by atoms with E-state index in [0.717, 1.165) is 9.87 Å². The molecule has 1 N–H and O–H groups in total. The number of fused-ring (bicyclic) bond motifs is 1. The van der Waals surface area contributed by atoms with Crippen LogP contribution in [0.1, 0.15) is 33.3 Å². The van der Waals surface area contributed by atoms with Gasteiger partial charge in [0.15, 0.2) is 11.5 Å². The molecule has 0 saturated heterocycles. The number of carbonyl (C=O) groups excluding carboxylic acids is 2. The highest BCUT2D eigenvalue weighted by Gasteiger charge is 2.31. The van der Waals surface area contributed by atoms with E-state index in [1.807, 2.05) is 13.8 Å². The van der Waals surface area contributed by atoms with Gasteiger partial charge in [-0.1, -0.05) is 37.6 Å². The monoisotopic (exact) mass is 537 g/mol. The molecule has 9 nitrogen and oxygen atoms in total. The summed E-state index contributed by atoms with van der Waals surface area (Å²) in [6.45, 7) is 7.20. The predicted octanol–water partition coefficient (Wildman–Crippen LogP) is 3.41. The second-order valence-electron chi connectivity index (χ2n) is 8.91. The fourth-order valence-corrected chi connectivity index (χ4v) is 4.76. The molecule has 2 aromatic rings. The second-order valence-corrected chi connectivity index (χ2v) is 11.5. The van der Waals surface area contributed by atoms with Crippen molar-refractivity contribution in [2.24, 2.45) is 5.92 Å². The standard InChI is InChI=1S/C25H32ClN3O6S/c1-5-36(32,33)29(21-10-11-22-23(12-21)35-16-34-22)15-24(30)28(14-19-6-8-20(26)9-7-19)18(4)25(31)27-13-17(2)3/h6-12,17-18H,5,13-16H2,1-4H3,(H,27,31)/t18-/m0/s1. The molecule has 0 unspecified atom stereocenters. The average Bonchev–Trinajstić information content (AvgIpc) is 3.32. The Labute approximate surface area is 217 Å². The van der Waals surface area contributed by atoms with Gasteiger partial charge in [-0.2, -0.15) is 0 Å². The van der Waals surface area contributed by atoms with Gasteiger partial charge < -0.3 is 19.7 Å². The molecule has 0 spiro atoms. The molecule has 1 aliphatic heterocycles. The lowest BCUT2D eigenvalue weighted by Gasteiger charge is -2.32. The van der Waals surface area contributed by atoms with Crippen molar-refractivity contribution in [1.29, 1.82) is 0 Å². The number of rotatable bonds is 11. The van der Waals surface area contributed by atoms with Crippen molar-refractivity contribution in [3.63, 3.8) is 0 Å². The van der Waals surface area contributed by atoms with Crippen molar-refractivity contribution in [3.8, 4) is 11.5 Å². The predicted molar refractivity (Wildman–Crippen MR) is 139 cm³/mol. The first kappa shape index (κ1) is 27.6. The van der Waals surface area contributed by atoms with Crippen LogP contribution in [0.5, 0.6) is 11.5 Å². The molecule has 0 aliphatic carbocycles. The zero-order valence-electron chi connectivity index (χ0n) is 20.9. The van der Waals surface area contributed by atoms with Gasteiger partial charge in [-0.3, -0.25) is 13.9 Å². The van der Waals surface area contributed by atoms with E-state index in [2.05, 4.69) is 5.32 Å². The summed E-state index contributed by atoms with van der Waals surface area (Å²) in [5.41, 5.74) is 1.03. The lowest BCUT2D eigenvalue weighted by molar-refractivity contribution is -0.139. The lowest BCUT2D eigenvalue weighted by atomic mass is 10.1. The Bertz CT molecular complexity index is 1190. The zero-order chi connectivity index (χ0) is 26.5. The maximum Gasteiger partial charge on any atom is 0.244 e. The van der Waals surface area contributed by atoms with E-state index in [9.17, 15) is 18.0 Å². The van der Waals surface area contributed by atoms with Crippen molar-refractivity contribution < 1.29 is 27.5 Å². The van der Waals surface area contributed by atoms with Crippen molar-refractivity contribution in [2.45, 2.75) is 40.3 Å². The van der Waals surface area contributed by atoms with Crippen LogP contribution in [0.2, 0.25) is 5.02 Å². The first-order chi connectivity index (χ1) is 17.0. The van der Waals surface area contributed by atoms with E-state index >= 15 is 0 Å². The smallest absolute Gasteiger partial charge is 0.244 e. The van der Waals surface area contributed by atoms with E-state index in [1.54, 1.807) is 43.3 Å². The number of carbonyl (C=O) groups is 2. The van der Waals surface area contributed by atoms with E-state index in [-0.39, 0.29) is 36.6 Å². The molecule has 0 radical (unpaired) electrons. The Morgan fingerprint density at radius 3 is 2.36 bits per heavy atom. The summed E-state index contributed by atoms with van der Waals surface area (Å²) in [6, 6.07) is 10.8. The molecule has 11 heteroatoms. The number of halogens is 1. The van der Waals surface area contributed by atoms with Crippen LogP contribution in [-0.2, 0) is 26.2 Å². The minimum absolute atomic E-state index is 0.0378. The topological polar surface area (TPSA) is 105 Å². The van der Waals surface area contributed by atoms with Gasteiger partial charge in [0.1, 0.15) is 12.6 Å². The minimum atomic E-state index is -3.83. The fourth-order valence-electron chi connectivity index (χ4n) is 3.58. The summed E-state index contributed by atoms with van der Waals surface area (Å²) in [5.74, 6) is 0.0779. The van der Waals surface area contributed by atoms with Gasteiger partial charge in [-0.15, -0.1) is 0 Å². The van der Waals surface area contributed by atoms with Crippen LogP contribution in [0, 0.1) is 5.92 Å². The fraction of sp³-hybridized carbons (Fsp3) is 0.440. The van der Waals surface area contributed by atoms with E-state index in [4.69, 9.17) is 21.1 Å². The Morgan fingerprint density at radius 2 is 1.72 bits per heavy atom. The van der Waals surface area contributed by atoms with Crippen molar-refractivity contribution >= 4 is 39.1 Å². The lowest BCUT2D eigenvalue weighted by Crippen LogP contribution is -2.51. The molecule has 36 heavy (non-hydrogen) atoms. The normalized spacial score (nSPS) is 13.4. The molecule has 0 bridgehead atoms. The van der Waals surface area contributed by atoms with E-state index < -0.39 is 28.5 Å².